The number of nitrogens with one attached hydrogen (secondary N) is 1. The average molecular weight is 239 g/mol. The van der Waals surface area contributed by atoms with Gasteiger partial charge in [0.25, 0.3) is 0 Å². The van der Waals surface area contributed by atoms with E-state index in [0.717, 1.165) is 15.0 Å². The summed E-state index contributed by atoms with van der Waals surface area (Å²) >= 11 is 1.51. The molecule has 0 saturated heterocycles. The van der Waals surface area contributed by atoms with Crippen molar-refractivity contribution in [1.29, 1.82) is 0 Å². The third kappa shape index (κ3) is 2.09. The summed E-state index contributed by atoms with van der Waals surface area (Å²) in [5, 5.41) is 13.9. The smallest absolute Gasteiger partial charge is 0.108 e. The first-order valence-corrected chi connectivity index (χ1v) is 5.97. The van der Waals surface area contributed by atoms with Gasteiger partial charge in [-0.3, -0.25) is 0 Å². The molecule has 0 spiro atoms. The SMILES string of the molecule is CNC(CF)C(O)c1cc2ccccc2s1. The highest BCUT2D eigenvalue weighted by Crippen LogP contribution is 2.31. The predicted molar refractivity (Wildman–Crippen MR) is 65.6 cm³/mol. The molecule has 2 N–H and O–H groups in total. The summed E-state index contributed by atoms with van der Waals surface area (Å²) in [6, 6.07) is 9.29. The van der Waals surface area contributed by atoms with Crippen LogP contribution in [0.4, 0.5) is 4.39 Å². The number of alkyl halides is 1. The van der Waals surface area contributed by atoms with Crippen molar-refractivity contribution in [3.05, 3.63) is 35.2 Å². The highest BCUT2D eigenvalue weighted by Gasteiger charge is 2.20. The number of benzene rings is 1. The second-order valence-corrected chi connectivity index (χ2v) is 4.80. The summed E-state index contributed by atoms with van der Waals surface area (Å²) < 4.78 is 13.7. The second-order valence-electron chi connectivity index (χ2n) is 3.68. The van der Waals surface area contributed by atoms with Crippen molar-refractivity contribution in [1.82, 2.24) is 5.32 Å². The maximum absolute atomic E-state index is 12.6. The Morgan fingerprint density at radius 1 is 1.44 bits per heavy atom. The van der Waals surface area contributed by atoms with Crippen molar-refractivity contribution >= 4 is 21.4 Å². The summed E-state index contributed by atoms with van der Waals surface area (Å²) in [6.07, 6.45) is -0.785. The van der Waals surface area contributed by atoms with Crippen LogP contribution >= 0.6 is 11.3 Å². The molecule has 0 radical (unpaired) electrons. The summed E-state index contributed by atoms with van der Waals surface area (Å²) in [7, 11) is 1.65. The van der Waals surface area contributed by atoms with Crippen molar-refractivity contribution in [3.8, 4) is 0 Å². The third-order valence-corrected chi connectivity index (χ3v) is 3.84. The van der Waals surface area contributed by atoms with Crippen LogP contribution in [0.15, 0.2) is 30.3 Å². The molecular formula is C12H14FNOS. The summed E-state index contributed by atoms with van der Waals surface area (Å²) in [6.45, 7) is -0.577. The van der Waals surface area contributed by atoms with Gasteiger partial charge < -0.3 is 10.4 Å². The molecule has 2 atom stereocenters. The molecule has 1 aromatic carbocycles. The lowest BCUT2D eigenvalue weighted by atomic mass is 10.1. The Balaban J connectivity index is 2.32. The molecule has 2 unspecified atom stereocenters. The predicted octanol–water partition coefficient (Wildman–Crippen LogP) is 2.49. The Bertz CT molecular complexity index is 434. The largest absolute Gasteiger partial charge is 0.386 e. The van der Waals surface area contributed by atoms with E-state index in [0.29, 0.717) is 0 Å². The molecule has 2 nitrogen and oxygen atoms in total. The normalized spacial score (nSPS) is 15.2. The van der Waals surface area contributed by atoms with Gasteiger partial charge in [-0.2, -0.15) is 0 Å². The molecule has 1 aromatic heterocycles. The Hall–Kier alpha value is -0.970. The molecule has 0 fully saturated rings. The highest BCUT2D eigenvalue weighted by molar-refractivity contribution is 7.19. The first kappa shape index (κ1) is 11.5. The number of aliphatic hydroxyl groups is 1. The molecule has 0 aliphatic carbocycles. The van der Waals surface area contributed by atoms with Crippen LogP contribution in [0.25, 0.3) is 10.1 Å². The lowest BCUT2D eigenvalue weighted by Gasteiger charge is -2.17. The van der Waals surface area contributed by atoms with Gasteiger partial charge in [-0.1, -0.05) is 18.2 Å². The van der Waals surface area contributed by atoms with Crippen LogP contribution in [0.2, 0.25) is 0 Å². The molecule has 0 aliphatic heterocycles. The molecule has 4 heteroatoms. The number of hydrogen-bond acceptors (Lipinski definition) is 3. The fraction of sp³-hybridized carbons (Fsp3) is 0.333. The number of thiophene rings is 1. The van der Waals surface area contributed by atoms with Crippen LogP contribution in [0.1, 0.15) is 11.0 Å². The molecule has 2 aromatic rings. The van der Waals surface area contributed by atoms with Crippen molar-refractivity contribution in [3.63, 3.8) is 0 Å². The summed E-state index contributed by atoms with van der Waals surface area (Å²) in [5.41, 5.74) is 0. The third-order valence-electron chi connectivity index (χ3n) is 2.65. The Morgan fingerprint density at radius 3 is 2.81 bits per heavy atom. The maximum Gasteiger partial charge on any atom is 0.108 e. The average Bonchev–Trinajstić information content (AvgIpc) is 2.74. The van der Waals surface area contributed by atoms with Gasteiger partial charge in [-0.25, -0.2) is 4.39 Å². The number of likely N-dealkylation sites (N-methyl/N-ethyl adjacent to an activating group) is 1. The zero-order chi connectivity index (χ0) is 11.5. The van der Waals surface area contributed by atoms with Gasteiger partial charge in [0, 0.05) is 9.58 Å². The van der Waals surface area contributed by atoms with Crippen LogP contribution < -0.4 is 5.32 Å². The summed E-state index contributed by atoms with van der Waals surface area (Å²) in [4.78, 5) is 0.804. The minimum atomic E-state index is -0.785. The topological polar surface area (TPSA) is 32.3 Å². The van der Waals surface area contributed by atoms with E-state index in [9.17, 15) is 9.50 Å². The van der Waals surface area contributed by atoms with Crippen LogP contribution in [-0.2, 0) is 0 Å². The first-order valence-electron chi connectivity index (χ1n) is 5.16. The number of aliphatic hydroxyl groups excluding tert-OH is 1. The molecule has 1 heterocycles. The molecule has 2 rings (SSSR count). The molecule has 0 aliphatic rings. The van der Waals surface area contributed by atoms with E-state index >= 15 is 0 Å². The fourth-order valence-electron chi connectivity index (χ4n) is 1.67. The number of hydrogen-bond donors (Lipinski definition) is 2. The van der Waals surface area contributed by atoms with Crippen LogP contribution in [0, 0.1) is 0 Å². The van der Waals surface area contributed by atoms with E-state index in [2.05, 4.69) is 5.32 Å². The second kappa shape index (κ2) is 4.91. The zero-order valence-corrected chi connectivity index (χ0v) is 9.80. The molecule has 0 bridgehead atoms. The standard InChI is InChI=1S/C12H14FNOS/c1-14-9(7-13)12(15)11-6-8-4-2-3-5-10(8)16-11/h2-6,9,12,14-15H,7H2,1H3. The van der Waals surface area contributed by atoms with E-state index in [4.69, 9.17) is 0 Å². The lowest BCUT2D eigenvalue weighted by molar-refractivity contribution is 0.121. The van der Waals surface area contributed by atoms with Gasteiger partial charge in [0.1, 0.15) is 12.8 Å². The number of rotatable bonds is 4. The van der Waals surface area contributed by atoms with Crippen molar-refractivity contribution in [2.45, 2.75) is 12.1 Å². The monoisotopic (exact) mass is 239 g/mol. The van der Waals surface area contributed by atoms with Gasteiger partial charge in [0.2, 0.25) is 0 Å². The Labute approximate surface area is 97.7 Å². The van der Waals surface area contributed by atoms with Crippen molar-refractivity contribution in [2.24, 2.45) is 0 Å². The highest BCUT2D eigenvalue weighted by atomic mass is 32.1. The van der Waals surface area contributed by atoms with Crippen molar-refractivity contribution in [2.75, 3.05) is 13.7 Å². The maximum atomic E-state index is 12.6. The van der Waals surface area contributed by atoms with Gasteiger partial charge >= 0.3 is 0 Å². The van der Waals surface area contributed by atoms with Gasteiger partial charge in [0.05, 0.1) is 6.04 Å². The van der Waals surface area contributed by atoms with Crippen LogP contribution in [-0.4, -0.2) is 24.9 Å². The van der Waals surface area contributed by atoms with E-state index < -0.39 is 18.8 Å². The first-order chi connectivity index (χ1) is 7.76. The van der Waals surface area contributed by atoms with Gasteiger partial charge in [-0.05, 0) is 24.6 Å². The molecular weight excluding hydrogens is 225 g/mol. The molecule has 0 amide bonds. The van der Waals surface area contributed by atoms with E-state index in [1.54, 1.807) is 7.05 Å². The van der Waals surface area contributed by atoms with E-state index in [1.807, 2.05) is 30.3 Å². The molecule has 16 heavy (non-hydrogen) atoms. The fourth-order valence-corrected chi connectivity index (χ4v) is 2.78. The van der Waals surface area contributed by atoms with Crippen molar-refractivity contribution < 1.29 is 9.50 Å². The quantitative estimate of drug-likeness (QED) is 0.859. The lowest BCUT2D eigenvalue weighted by Crippen LogP contribution is -2.33. The minimum Gasteiger partial charge on any atom is -0.386 e. The van der Waals surface area contributed by atoms with E-state index in [1.165, 1.54) is 11.3 Å². The minimum absolute atomic E-state index is 0.534. The number of fused-ring (bicyclic) bond motifs is 1. The van der Waals surface area contributed by atoms with Gasteiger partial charge in [-0.15, -0.1) is 11.3 Å². The zero-order valence-electron chi connectivity index (χ0n) is 8.98. The van der Waals surface area contributed by atoms with Crippen LogP contribution in [0.3, 0.4) is 0 Å². The Kier molecular flexibility index (Phi) is 3.53. The van der Waals surface area contributed by atoms with Gasteiger partial charge in [0.15, 0.2) is 0 Å². The van der Waals surface area contributed by atoms with Crippen LogP contribution in [0.5, 0.6) is 0 Å². The Morgan fingerprint density at radius 2 is 2.19 bits per heavy atom. The summed E-state index contributed by atoms with van der Waals surface area (Å²) in [5.74, 6) is 0. The molecule has 86 valence electrons. The molecule has 0 saturated carbocycles. The number of halogens is 1. The van der Waals surface area contributed by atoms with E-state index in [-0.39, 0.29) is 0 Å².